The monoisotopic (exact) mass is 264 g/mol. The summed E-state index contributed by atoms with van der Waals surface area (Å²) in [6, 6.07) is 5.58. The lowest BCUT2D eigenvalue weighted by Gasteiger charge is -2.39. The lowest BCUT2D eigenvalue weighted by Crippen LogP contribution is -2.49. The molecule has 3 nitrogen and oxygen atoms in total. The average molecular weight is 264 g/mol. The van der Waals surface area contributed by atoms with Crippen molar-refractivity contribution >= 4 is 5.69 Å². The van der Waals surface area contributed by atoms with Crippen LogP contribution >= 0.6 is 0 Å². The fraction of sp³-hybridized carbons (Fsp3) is 0.600. The van der Waals surface area contributed by atoms with E-state index in [1.807, 2.05) is 19.1 Å². The zero-order valence-electron chi connectivity index (χ0n) is 11.3. The fourth-order valence-corrected chi connectivity index (χ4v) is 3.26. The fourth-order valence-electron chi connectivity index (χ4n) is 3.26. The van der Waals surface area contributed by atoms with E-state index in [1.165, 1.54) is 6.42 Å². The van der Waals surface area contributed by atoms with Crippen molar-refractivity contribution in [2.45, 2.75) is 44.4 Å². The normalized spacial score (nSPS) is 28.3. The van der Waals surface area contributed by atoms with Gasteiger partial charge < -0.3 is 15.4 Å². The van der Waals surface area contributed by atoms with E-state index in [0.29, 0.717) is 18.3 Å². The van der Waals surface area contributed by atoms with Gasteiger partial charge in [0.1, 0.15) is 5.82 Å². The van der Waals surface area contributed by atoms with Crippen LogP contribution in [0.2, 0.25) is 0 Å². The van der Waals surface area contributed by atoms with Crippen LogP contribution in [0.15, 0.2) is 18.2 Å². The topological polar surface area (TPSA) is 38.5 Å². The predicted molar refractivity (Wildman–Crippen MR) is 73.7 cm³/mol. The maximum atomic E-state index is 14.3. The average Bonchev–Trinajstić information content (AvgIpc) is 2.86. The molecule has 1 aromatic carbocycles. The van der Waals surface area contributed by atoms with Crippen molar-refractivity contribution in [1.82, 2.24) is 0 Å². The standard InChI is InChI=1S/C15H21FN2O/c1-10(17)11-5-6-13(12(16)9-11)18-7-8-19-15-4-2-3-14(15)18/h5-6,9-10,14-15H,2-4,7-8,17H2,1H3/t10-,14?,15?/m1/s1. The number of ether oxygens (including phenoxy) is 1. The molecule has 2 N–H and O–H groups in total. The number of nitrogens with two attached hydrogens (primary N) is 1. The molecule has 1 saturated heterocycles. The SMILES string of the molecule is C[C@@H](N)c1ccc(N2CCOC3CCCC32)c(F)c1. The smallest absolute Gasteiger partial charge is 0.146 e. The summed E-state index contributed by atoms with van der Waals surface area (Å²) in [6.07, 6.45) is 3.65. The summed E-state index contributed by atoms with van der Waals surface area (Å²) in [5.41, 5.74) is 7.34. The first-order valence-corrected chi connectivity index (χ1v) is 7.10. The second-order valence-corrected chi connectivity index (χ2v) is 5.60. The van der Waals surface area contributed by atoms with Gasteiger partial charge in [-0.2, -0.15) is 0 Å². The van der Waals surface area contributed by atoms with Gasteiger partial charge in [0.15, 0.2) is 0 Å². The molecule has 1 saturated carbocycles. The number of benzene rings is 1. The molecule has 1 aromatic rings. The second-order valence-electron chi connectivity index (χ2n) is 5.60. The molecule has 0 aromatic heterocycles. The van der Waals surface area contributed by atoms with Crippen molar-refractivity contribution in [3.05, 3.63) is 29.6 Å². The van der Waals surface area contributed by atoms with E-state index in [1.54, 1.807) is 6.07 Å². The number of anilines is 1. The molecule has 3 atom stereocenters. The summed E-state index contributed by atoms with van der Waals surface area (Å²) >= 11 is 0. The summed E-state index contributed by atoms with van der Waals surface area (Å²) in [4.78, 5) is 2.18. The highest BCUT2D eigenvalue weighted by Crippen LogP contribution is 2.34. The Morgan fingerprint density at radius 2 is 2.26 bits per heavy atom. The molecule has 0 radical (unpaired) electrons. The molecule has 0 bridgehead atoms. The van der Waals surface area contributed by atoms with Crippen LogP contribution in [-0.2, 0) is 4.74 Å². The Morgan fingerprint density at radius 3 is 3.00 bits per heavy atom. The number of morpholine rings is 1. The van der Waals surface area contributed by atoms with Crippen molar-refractivity contribution in [3.63, 3.8) is 0 Å². The van der Waals surface area contributed by atoms with Gasteiger partial charge >= 0.3 is 0 Å². The highest BCUT2D eigenvalue weighted by Gasteiger charge is 2.36. The van der Waals surface area contributed by atoms with E-state index in [-0.39, 0.29) is 18.0 Å². The van der Waals surface area contributed by atoms with Crippen molar-refractivity contribution in [2.24, 2.45) is 5.73 Å². The van der Waals surface area contributed by atoms with Gasteiger partial charge in [0.2, 0.25) is 0 Å². The third-order valence-corrected chi connectivity index (χ3v) is 4.29. The number of halogens is 1. The molecule has 1 heterocycles. The minimum Gasteiger partial charge on any atom is -0.374 e. The van der Waals surface area contributed by atoms with Crippen LogP contribution in [0.25, 0.3) is 0 Å². The van der Waals surface area contributed by atoms with Gasteiger partial charge in [-0.3, -0.25) is 0 Å². The van der Waals surface area contributed by atoms with Crippen LogP contribution in [0.5, 0.6) is 0 Å². The lowest BCUT2D eigenvalue weighted by atomic mass is 10.1. The largest absolute Gasteiger partial charge is 0.374 e. The molecule has 0 spiro atoms. The number of hydrogen-bond acceptors (Lipinski definition) is 3. The summed E-state index contributed by atoms with van der Waals surface area (Å²) in [5, 5.41) is 0. The molecule has 4 heteroatoms. The zero-order valence-corrected chi connectivity index (χ0v) is 11.3. The molecular weight excluding hydrogens is 243 g/mol. The molecule has 2 fully saturated rings. The van der Waals surface area contributed by atoms with E-state index in [2.05, 4.69) is 4.90 Å². The Bertz CT molecular complexity index is 463. The Balaban J connectivity index is 1.88. The highest BCUT2D eigenvalue weighted by atomic mass is 19.1. The first-order chi connectivity index (χ1) is 9.16. The van der Waals surface area contributed by atoms with Crippen LogP contribution in [0.4, 0.5) is 10.1 Å². The summed E-state index contributed by atoms with van der Waals surface area (Å²) in [6.45, 7) is 3.33. The number of fused-ring (bicyclic) bond motifs is 1. The van der Waals surface area contributed by atoms with Gasteiger partial charge in [-0.05, 0) is 43.9 Å². The maximum Gasteiger partial charge on any atom is 0.146 e. The molecule has 1 aliphatic carbocycles. The summed E-state index contributed by atoms with van der Waals surface area (Å²) < 4.78 is 20.1. The zero-order chi connectivity index (χ0) is 13.4. The van der Waals surface area contributed by atoms with Gasteiger partial charge in [0.25, 0.3) is 0 Å². The molecular formula is C15H21FN2O. The van der Waals surface area contributed by atoms with Crippen LogP contribution in [0.1, 0.15) is 37.8 Å². The number of hydrogen-bond donors (Lipinski definition) is 1. The van der Waals surface area contributed by atoms with E-state index in [9.17, 15) is 4.39 Å². The quantitative estimate of drug-likeness (QED) is 0.892. The minimum absolute atomic E-state index is 0.132. The Morgan fingerprint density at radius 1 is 1.42 bits per heavy atom. The summed E-state index contributed by atoms with van der Waals surface area (Å²) in [7, 11) is 0. The van der Waals surface area contributed by atoms with Crippen molar-refractivity contribution < 1.29 is 9.13 Å². The molecule has 2 aliphatic rings. The highest BCUT2D eigenvalue weighted by molar-refractivity contribution is 5.51. The van der Waals surface area contributed by atoms with Crippen LogP contribution in [0.3, 0.4) is 0 Å². The van der Waals surface area contributed by atoms with Gasteiger partial charge in [-0.1, -0.05) is 6.07 Å². The molecule has 2 unspecified atom stereocenters. The first-order valence-electron chi connectivity index (χ1n) is 7.10. The van der Waals surface area contributed by atoms with Crippen LogP contribution in [-0.4, -0.2) is 25.3 Å². The minimum atomic E-state index is -0.164. The van der Waals surface area contributed by atoms with E-state index in [0.717, 1.165) is 24.9 Å². The Kier molecular flexibility index (Phi) is 3.46. The number of rotatable bonds is 2. The van der Waals surface area contributed by atoms with Gasteiger partial charge in [-0.25, -0.2) is 4.39 Å². The van der Waals surface area contributed by atoms with Gasteiger partial charge in [0, 0.05) is 12.6 Å². The Hall–Kier alpha value is -1.13. The van der Waals surface area contributed by atoms with Crippen LogP contribution < -0.4 is 10.6 Å². The van der Waals surface area contributed by atoms with E-state index < -0.39 is 0 Å². The third kappa shape index (κ3) is 2.35. The molecule has 3 rings (SSSR count). The van der Waals surface area contributed by atoms with E-state index in [4.69, 9.17) is 10.5 Å². The van der Waals surface area contributed by atoms with Gasteiger partial charge in [-0.15, -0.1) is 0 Å². The molecule has 0 amide bonds. The third-order valence-electron chi connectivity index (χ3n) is 4.29. The van der Waals surface area contributed by atoms with E-state index >= 15 is 0 Å². The lowest BCUT2D eigenvalue weighted by molar-refractivity contribution is 0.0254. The van der Waals surface area contributed by atoms with Crippen molar-refractivity contribution in [2.75, 3.05) is 18.1 Å². The Labute approximate surface area is 113 Å². The van der Waals surface area contributed by atoms with Crippen molar-refractivity contribution in [1.29, 1.82) is 0 Å². The molecule has 104 valence electrons. The number of nitrogens with zero attached hydrogens (tertiary/aromatic N) is 1. The predicted octanol–water partition coefficient (Wildman–Crippen LogP) is 2.60. The molecule has 19 heavy (non-hydrogen) atoms. The van der Waals surface area contributed by atoms with Gasteiger partial charge in [0.05, 0.1) is 24.4 Å². The molecule has 1 aliphatic heterocycles. The van der Waals surface area contributed by atoms with Crippen LogP contribution in [0, 0.1) is 5.82 Å². The first kappa shape index (κ1) is 12.9. The second kappa shape index (κ2) is 5.10. The summed E-state index contributed by atoms with van der Waals surface area (Å²) in [5.74, 6) is -0.164. The van der Waals surface area contributed by atoms with Crippen molar-refractivity contribution in [3.8, 4) is 0 Å². The maximum absolute atomic E-state index is 14.3.